The molecule has 2 aromatic heterocycles. The van der Waals surface area contributed by atoms with Gasteiger partial charge in [0.05, 0.1) is 23.5 Å². The van der Waals surface area contributed by atoms with Crippen molar-refractivity contribution < 1.29 is 18.0 Å². The number of rotatable bonds is 7. The summed E-state index contributed by atoms with van der Waals surface area (Å²) in [6.45, 7) is 0.190. The van der Waals surface area contributed by atoms with Crippen molar-refractivity contribution in [3.8, 4) is 11.3 Å². The molecule has 0 fully saturated rings. The van der Waals surface area contributed by atoms with Crippen molar-refractivity contribution in [3.05, 3.63) is 93.6 Å². The topological polar surface area (TPSA) is 46.3 Å². The van der Waals surface area contributed by atoms with Gasteiger partial charge in [0.1, 0.15) is 11.6 Å². The SMILES string of the molecule is O=C(CCc1ncc(-c2ccccc2Cl)o1)N(Cc1cccs1)c1ccc(F)cc1F. The van der Waals surface area contributed by atoms with E-state index >= 15 is 0 Å². The third-order valence-electron chi connectivity index (χ3n) is 4.64. The lowest BCUT2D eigenvalue weighted by Gasteiger charge is -2.22. The van der Waals surface area contributed by atoms with Crippen LogP contribution in [0.4, 0.5) is 14.5 Å². The van der Waals surface area contributed by atoms with Crippen molar-refractivity contribution in [2.75, 3.05) is 4.90 Å². The van der Waals surface area contributed by atoms with Gasteiger partial charge in [-0.3, -0.25) is 4.79 Å². The minimum absolute atomic E-state index is 0.0314. The molecule has 4 nitrogen and oxygen atoms in total. The molecule has 0 spiro atoms. The summed E-state index contributed by atoms with van der Waals surface area (Å²) in [7, 11) is 0. The standard InChI is InChI=1S/C23H17ClF2N2O2S/c24-18-6-2-1-5-17(18)21-13-27-22(30-21)9-10-23(29)28(14-16-4-3-11-31-16)20-8-7-15(25)12-19(20)26/h1-8,11-13H,9-10,14H2. The zero-order valence-corrected chi connectivity index (χ0v) is 17.8. The van der Waals surface area contributed by atoms with Crippen LogP contribution in [0.2, 0.25) is 5.02 Å². The Kier molecular flexibility index (Phi) is 6.44. The smallest absolute Gasteiger partial charge is 0.227 e. The Bertz CT molecular complexity index is 1190. The van der Waals surface area contributed by atoms with Gasteiger partial charge in [0, 0.05) is 29.3 Å². The van der Waals surface area contributed by atoms with E-state index in [1.165, 1.54) is 22.3 Å². The molecule has 2 heterocycles. The molecule has 8 heteroatoms. The van der Waals surface area contributed by atoms with E-state index in [4.69, 9.17) is 16.0 Å². The fourth-order valence-electron chi connectivity index (χ4n) is 3.13. The molecule has 4 aromatic rings. The maximum absolute atomic E-state index is 14.4. The molecule has 0 N–H and O–H groups in total. The van der Waals surface area contributed by atoms with Crippen LogP contribution in [0, 0.1) is 11.6 Å². The van der Waals surface area contributed by atoms with Crippen LogP contribution in [0.3, 0.4) is 0 Å². The maximum Gasteiger partial charge on any atom is 0.227 e. The van der Waals surface area contributed by atoms with Crippen LogP contribution in [-0.2, 0) is 17.8 Å². The highest BCUT2D eigenvalue weighted by molar-refractivity contribution is 7.09. The van der Waals surface area contributed by atoms with Crippen molar-refractivity contribution in [2.45, 2.75) is 19.4 Å². The van der Waals surface area contributed by atoms with E-state index in [1.807, 2.05) is 35.7 Å². The van der Waals surface area contributed by atoms with Crippen molar-refractivity contribution in [1.29, 1.82) is 0 Å². The van der Waals surface area contributed by atoms with E-state index in [-0.39, 0.29) is 31.0 Å². The van der Waals surface area contributed by atoms with E-state index in [1.54, 1.807) is 12.3 Å². The number of carbonyl (C=O) groups is 1. The number of aromatic nitrogens is 1. The number of hydrogen-bond acceptors (Lipinski definition) is 4. The fourth-order valence-corrected chi connectivity index (χ4v) is 4.05. The van der Waals surface area contributed by atoms with Gasteiger partial charge in [-0.15, -0.1) is 11.3 Å². The Hall–Kier alpha value is -3.03. The highest BCUT2D eigenvalue weighted by atomic mass is 35.5. The molecule has 158 valence electrons. The van der Waals surface area contributed by atoms with Crippen LogP contribution in [0.15, 0.2) is 70.6 Å². The third kappa shape index (κ3) is 5.00. The Balaban J connectivity index is 1.51. The number of aryl methyl sites for hydroxylation is 1. The summed E-state index contributed by atoms with van der Waals surface area (Å²) in [6, 6.07) is 14.1. The zero-order chi connectivity index (χ0) is 21.8. The minimum atomic E-state index is -0.790. The number of amides is 1. The molecule has 0 aliphatic heterocycles. The lowest BCUT2D eigenvalue weighted by Crippen LogP contribution is -2.31. The first-order chi connectivity index (χ1) is 15.0. The van der Waals surface area contributed by atoms with Gasteiger partial charge in [-0.25, -0.2) is 13.8 Å². The minimum Gasteiger partial charge on any atom is -0.441 e. The summed E-state index contributed by atoms with van der Waals surface area (Å²) in [5.41, 5.74) is 0.742. The number of hydrogen-bond donors (Lipinski definition) is 0. The van der Waals surface area contributed by atoms with Crippen LogP contribution in [0.25, 0.3) is 11.3 Å². The van der Waals surface area contributed by atoms with Crippen molar-refractivity contribution >= 4 is 34.5 Å². The quantitative estimate of drug-likeness (QED) is 0.317. The van der Waals surface area contributed by atoms with Crippen LogP contribution >= 0.6 is 22.9 Å². The molecule has 0 aliphatic rings. The van der Waals surface area contributed by atoms with Gasteiger partial charge in [-0.1, -0.05) is 29.8 Å². The second-order valence-corrected chi connectivity index (χ2v) is 8.19. The van der Waals surface area contributed by atoms with E-state index in [0.29, 0.717) is 22.2 Å². The summed E-state index contributed by atoms with van der Waals surface area (Å²) in [5.74, 6) is -0.929. The van der Waals surface area contributed by atoms with Crippen LogP contribution in [-0.4, -0.2) is 10.9 Å². The highest BCUT2D eigenvalue weighted by Gasteiger charge is 2.21. The second kappa shape index (κ2) is 9.41. The monoisotopic (exact) mass is 458 g/mol. The summed E-state index contributed by atoms with van der Waals surface area (Å²) < 4.78 is 33.5. The van der Waals surface area contributed by atoms with Gasteiger partial charge in [-0.2, -0.15) is 0 Å². The average molecular weight is 459 g/mol. The number of oxazole rings is 1. The molecule has 0 saturated heterocycles. The van der Waals surface area contributed by atoms with Gasteiger partial charge in [0.15, 0.2) is 11.7 Å². The van der Waals surface area contributed by atoms with Crippen molar-refractivity contribution in [1.82, 2.24) is 4.98 Å². The first-order valence-electron chi connectivity index (χ1n) is 9.48. The number of carbonyl (C=O) groups excluding carboxylic acids is 1. The van der Waals surface area contributed by atoms with E-state index in [0.717, 1.165) is 17.0 Å². The molecule has 0 unspecified atom stereocenters. The molecule has 0 radical (unpaired) electrons. The molecule has 0 bridgehead atoms. The molecule has 4 rings (SSSR count). The van der Waals surface area contributed by atoms with Gasteiger partial charge in [0.25, 0.3) is 0 Å². The van der Waals surface area contributed by atoms with Gasteiger partial charge < -0.3 is 9.32 Å². The predicted octanol–water partition coefficient (Wildman–Crippen LogP) is 6.50. The number of benzene rings is 2. The summed E-state index contributed by atoms with van der Waals surface area (Å²) in [5, 5.41) is 2.41. The first kappa shape index (κ1) is 21.2. The number of nitrogens with zero attached hydrogens (tertiary/aromatic N) is 2. The third-order valence-corrected chi connectivity index (χ3v) is 5.83. The number of halogens is 3. The number of anilines is 1. The molecular formula is C23H17ClF2N2O2S. The lowest BCUT2D eigenvalue weighted by atomic mass is 10.2. The predicted molar refractivity (Wildman–Crippen MR) is 117 cm³/mol. The Morgan fingerprint density at radius 2 is 1.97 bits per heavy atom. The van der Waals surface area contributed by atoms with Crippen molar-refractivity contribution in [3.63, 3.8) is 0 Å². The first-order valence-corrected chi connectivity index (χ1v) is 10.7. The molecular weight excluding hydrogens is 442 g/mol. The van der Waals surface area contributed by atoms with Gasteiger partial charge >= 0.3 is 0 Å². The number of thiophene rings is 1. The normalized spacial score (nSPS) is 10.9. The second-order valence-electron chi connectivity index (χ2n) is 6.75. The molecule has 0 aliphatic carbocycles. The molecule has 31 heavy (non-hydrogen) atoms. The fraction of sp³-hybridized carbons (Fsp3) is 0.130. The Labute approximate surface area is 186 Å². The Morgan fingerprint density at radius 1 is 1.13 bits per heavy atom. The molecule has 0 atom stereocenters. The van der Waals surface area contributed by atoms with E-state index in [9.17, 15) is 13.6 Å². The van der Waals surface area contributed by atoms with Gasteiger partial charge in [0.2, 0.25) is 5.91 Å². The van der Waals surface area contributed by atoms with E-state index in [2.05, 4.69) is 4.98 Å². The van der Waals surface area contributed by atoms with Crippen LogP contribution in [0.5, 0.6) is 0 Å². The molecule has 2 aromatic carbocycles. The molecule has 1 amide bonds. The maximum atomic E-state index is 14.4. The average Bonchev–Trinajstić information content (AvgIpc) is 3.43. The summed E-state index contributed by atoms with van der Waals surface area (Å²) >= 11 is 7.64. The van der Waals surface area contributed by atoms with Crippen molar-refractivity contribution in [2.24, 2.45) is 0 Å². The van der Waals surface area contributed by atoms with Crippen LogP contribution in [0.1, 0.15) is 17.2 Å². The molecule has 0 saturated carbocycles. The summed E-state index contributed by atoms with van der Waals surface area (Å²) in [6.07, 6.45) is 1.84. The lowest BCUT2D eigenvalue weighted by molar-refractivity contribution is -0.118. The zero-order valence-electron chi connectivity index (χ0n) is 16.2. The summed E-state index contributed by atoms with van der Waals surface area (Å²) in [4.78, 5) is 19.4. The van der Waals surface area contributed by atoms with Gasteiger partial charge in [-0.05, 0) is 35.7 Å². The highest BCUT2D eigenvalue weighted by Crippen LogP contribution is 2.29. The van der Waals surface area contributed by atoms with E-state index < -0.39 is 11.6 Å². The Morgan fingerprint density at radius 3 is 2.71 bits per heavy atom. The van der Waals surface area contributed by atoms with Crippen LogP contribution < -0.4 is 4.90 Å². The largest absolute Gasteiger partial charge is 0.441 e.